The highest BCUT2D eigenvalue weighted by Gasteiger charge is 2.30. The Kier molecular flexibility index (Phi) is 7.25. The summed E-state index contributed by atoms with van der Waals surface area (Å²) in [5.74, 6) is -1.15. The summed E-state index contributed by atoms with van der Waals surface area (Å²) < 4.78 is 11.0. The van der Waals surface area contributed by atoms with E-state index in [1.165, 1.54) is 5.56 Å². The van der Waals surface area contributed by atoms with Gasteiger partial charge in [0.25, 0.3) is 5.91 Å². The Bertz CT molecular complexity index is 629. The van der Waals surface area contributed by atoms with E-state index in [0.29, 0.717) is 31.8 Å². The zero-order valence-corrected chi connectivity index (χ0v) is 16.7. The molecule has 1 heterocycles. The van der Waals surface area contributed by atoms with Gasteiger partial charge in [0.15, 0.2) is 6.10 Å². The maximum absolute atomic E-state index is 12.3. The standard InChI is InChI=1S/C21H31NO5/c1-14(27-17-7-5-16(6-8-17)21(2,3)4)19(23)22-13-18(20(24)25)15-9-11-26-12-10-15/h5-8,14-15,18H,9-13H2,1-4H3,(H,22,23)(H,24,25). The lowest BCUT2D eigenvalue weighted by Crippen LogP contribution is -2.43. The first-order valence-corrected chi connectivity index (χ1v) is 9.54. The maximum Gasteiger partial charge on any atom is 0.308 e. The second-order valence-corrected chi connectivity index (χ2v) is 8.17. The van der Waals surface area contributed by atoms with Crippen LogP contribution in [-0.4, -0.2) is 42.8 Å². The van der Waals surface area contributed by atoms with Gasteiger partial charge in [-0.2, -0.15) is 0 Å². The second-order valence-electron chi connectivity index (χ2n) is 8.17. The van der Waals surface area contributed by atoms with Crippen LogP contribution >= 0.6 is 0 Å². The van der Waals surface area contributed by atoms with Gasteiger partial charge in [-0.25, -0.2) is 0 Å². The number of benzene rings is 1. The minimum absolute atomic E-state index is 0.0257. The minimum Gasteiger partial charge on any atom is -0.481 e. The number of amides is 1. The summed E-state index contributed by atoms with van der Waals surface area (Å²) in [6.07, 6.45) is 0.715. The fourth-order valence-corrected chi connectivity index (χ4v) is 3.22. The topological polar surface area (TPSA) is 84.9 Å². The molecule has 1 aromatic rings. The number of carbonyl (C=O) groups excluding carboxylic acids is 1. The van der Waals surface area contributed by atoms with Crippen molar-refractivity contribution in [2.24, 2.45) is 11.8 Å². The van der Waals surface area contributed by atoms with E-state index >= 15 is 0 Å². The molecule has 0 spiro atoms. The Morgan fingerprint density at radius 1 is 1.22 bits per heavy atom. The van der Waals surface area contributed by atoms with Crippen LogP contribution in [0.5, 0.6) is 5.75 Å². The van der Waals surface area contributed by atoms with Crippen molar-refractivity contribution in [2.75, 3.05) is 19.8 Å². The summed E-state index contributed by atoms with van der Waals surface area (Å²) in [6, 6.07) is 7.69. The normalized spacial score (nSPS) is 17.8. The number of hydrogen-bond donors (Lipinski definition) is 2. The molecule has 150 valence electrons. The molecule has 1 fully saturated rings. The molecule has 1 aliphatic heterocycles. The van der Waals surface area contributed by atoms with E-state index in [0.717, 1.165) is 0 Å². The lowest BCUT2D eigenvalue weighted by Gasteiger charge is -2.28. The molecule has 2 rings (SSSR count). The number of carboxylic acid groups (broad SMARTS) is 1. The monoisotopic (exact) mass is 377 g/mol. The van der Waals surface area contributed by atoms with Gasteiger partial charge in [0.05, 0.1) is 5.92 Å². The fourth-order valence-electron chi connectivity index (χ4n) is 3.22. The Balaban J connectivity index is 1.87. The summed E-state index contributed by atoms with van der Waals surface area (Å²) >= 11 is 0. The van der Waals surface area contributed by atoms with Crippen LogP contribution in [0.15, 0.2) is 24.3 Å². The van der Waals surface area contributed by atoms with E-state index < -0.39 is 18.0 Å². The van der Waals surface area contributed by atoms with Crippen molar-refractivity contribution >= 4 is 11.9 Å². The van der Waals surface area contributed by atoms with Crippen molar-refractivity contribution in [2.45, 2.75) is 52.1 Å². The van der Waals surface area contributed by atoms with Gasteiger partial charge >= 0.3 is 5.97 Å². The third-order valence-electron chi connectivity index (χ3n) is 5.05. The number of aliphatic carboxylic acids is 1. The molecule has 2 unspecified atom stereocenters. The highest BCUT2D eigenvalue weighted by atomic mass is 16.5. The summed E-state index contributed by atoms with van der Waals surface area (Å²) in [4.78, 5) is 23.9. The summed E-state index contributed by atoms with van der Waals surface area (Å²) in [5.41, 5.74) is 1.24. The molecule has 1 amide bonds. The van der Waals surface area contributed by atoms with Gasteiger partial charge in [-0.15, -0.1) is 0 Å². The summed E-state index contributed by atoms with van der Waals surface area (Å²) in [6.45, 7) is 9.33. The predicted octanol–water partition coefficient (Wildman–Crippen LogP) is 3.00. The minimum atomic E-state index is -0.881. The van der Waals surface area contributed by atoms with E-state index in [1.54, 1.807) is 6.92 Å². The van der Waals surface area contributed by atoms with Gasteiger partial charge < -0.3 is 19.9 Å². The molecule has 2 N–H and O–H groups in total. The number of carboxylic acids is 1. The van der Waals surface area contributed by atoms with E-state index in [2.05, 4.69) is 26.1 Å². The number of carbonyl (C=O) groups is 2. The smallest absolute Gasteiger partial charge is 0.308 e. The van der Waals surface area contributed by atoms with Crippen molar-refractivity contribution < 1.29 is 24.2 Å². The first-order chi connectivity index (χ1) is 12.7. The Morgan fingerprint density at radius 3 is 2.33 bits per heavy atom. The average molecular weight is 377 g/mol. The summed E-state index contributed by atoms with van der Waals surface area (Å²) in [7, 11) is 0. The third kappa shape index (κ3) is 6.24. The largest absolute Gasteiger partial charge is 0.481 e. The molecule has 27 heavy (non-hydrogen) atoms. The van der Waals surface area contributed by atoms with Crippen molar-refractivity contribution in [1.82, 2.24) is 5.32 Å². The third-order valence-corrected chi connectivity index (χ3v) is 5.05. The van der Waals surface area contributed by atoms with Crippen LogP contribution in [0, 0.1) is 11.8 Å². The van der Waals surface area contributed by atoms with Crippen LogP contribution in [0.4, 0.5) is 0 Å². The molecule has 0 saturated carbocycles. The number of nitrogens with one attached hydrogen (secondary N) is 1. The van der Waals surface area contributed by atoms with Crippen molar-refractivity contribution in [3.05, 3.63) is 29.8 Å². The number of rotatable bonds is 7. The fraction of sp³-hybridized carbons (Fsp3) is 0.619. The van der Waals surface area contributed by atoms with Gasteiger partial charge in [-0.05, 0) is 48.8 Å². The first-order valence-electron chi connectivity index (χ1n) is 9.54. The molecular weight excluding hydrogens is 346 g/mol. The van der Waals surface area contributed by atoms with Gasteiger partial charge in [-0.1, -0.05) is 32.9 Å². The van der Waals surface area contributed by atoms with E-state index in [-0.39, 0.29) is 23.8 Å². The molecule has 2 atom stereocenters. The predicted molar refractivity (Wildman–Crippen MR) is 103 cm³/mol. The van der Waals surface area contributed by atoms with Crippen LogP contribution in [0.3, 0.4) is 0 Å². The van der Waals surface area contributed by atoms with Gasteiger partial charge in [0, 0.05) is 19.8 Å². The Labute approximate surface area is 161 Å². The quantitative estimate of drug-likeness (QED) is 0.763. The highest BCUT2D eigenvalue weighted by Crippen LogP contribution is 2.25. The molecular formula is C21H31NO5. The lowest BCUT2D eigenvalue weighted by atomic mass is 9.86. The number of ether oxygens (including phenoxy) is 2. The molecule has 1 aromatic carbocycles. The van der Waals surface area contributed by atoms with E-state index in [9.17, 15) is 14.7 Å². The SMILES string of the molecule is CC(Oc1ccc(C(C)(C)C)cc1)C(=O)NCC(C(=O)O)C1CCOCC1. The van der Waals surface area contributed by atoms with Crippen molar-refractivity contribution in [1.29, 1.82) is 0 Å². The molecule has 1 saturated heterocycles. The molecule has 1 aliphatic rings. The van der Waals surface area contributed by atoms with Crippen LogP contribution < -0.4 is 10.1 Å². The molecule has 6 heteroatoms. The molecule has 0 bridgehead atoms. The van der Waals surface area contributed by atoms with Crippen LogP contribution in [0.2, 0.25) is 0 Å². The molecule has 6 nitrogen and oxygen atoms in total. The summed E-state index contributed by atoms with van der Waals surface area (Å²) in [5, 5.41) is 12.2. The second kappa shape index (κ2) is 9.22. The molecule has 0 aromatic heterocycles. The zero-order chi connectivity index (χ0) is 20.0. The van der Waals surface area contributed by atoms with Gasteiger partial charge in [-0.3, -0.25) is 9.59 Å². The van der Waals surface area contributed by atoms with Crippen LogP contribution in [0.1, 0.15) is 46.1 Å². The Morgan fingerprint density at radius 2 is 1.81 bits per heavy atom. The lowest BCUT2D eigenvalue weighted by molar-refractivity contribution is -0.145. The number of hydrogen-bond acceptors (Lipinski definition) is 4. The van der Waals surface area contributed by atoms with Crippen LogP contribution in [0.25, 0.3) is 0 Å². The first kappa shape index (κ1) is 21.2. The maximum atomic E-state index is 12.3. The van der Waals surface area contributed by atoms with Gasteiger partial charge in [0.2, 0.25) is 0 Å². The molecule has 0 radical (unpaired) electrons. The Hall–Kier alpha value is -2.08. The highest BCUT2D eigenvalue weighted by molar-refractivity contribution is 5.81. The van der Waals surface area contributed by atoms with Crippen molar-refractivity contribution in [3.8, 4) is 5.75 Å². The van der Waals surface area contributed by atoms with Gasteiger partial charge in [0.1, 0.15) is 5.75 Å². The zero-order valence-electron chi connectivity index (χ0n) is 16.7. The van der Waals surface area contributed by atoms with Crippen molar-refractivity contribution in [3.63, 3.8) is 0 Å². The van der Waals surface area contributed by atoms with E-state index in [4.69, 9.17) is 9.47 Å². The van der Waals surface area contributed by atoms with E-state index in [1.807, 2.05) is 24.3 Å². The average Bonchev–Trinajstić information content (AvgIpc) is 2.62. The van der Waals surface area contributed by atoms with Crippen LogP contribution in [-0.2, 0) is 19.7 Å². The molecule has 0 aliphatic carbocycles.